The summed E-state index contributed by atoms with van der Waals surface area (Å²) in [7, 11) is 0. The van der Waals surface area contributed by atoms with Crippen molar-refractivity contribution in [3.8, 4) is 5.75 Å². The zero-order valence-corrected chi connectivity index (χ0v) is 15.7. The van der Waals surface area contributed by atoms with Crippen molar-refractivity contribution >= 4 is 17.9 Å². The van der Waals surface area contributed by atoms with E-state index in [0.29, 0.717) is 18.5 Å². The maximum Gasteiger partial charge on any atom is 0.340 e. The molecule has 0 radical (unpaired) electrons. The molecule has 0 aliphatic carbocycles. The van der Waals surface area contributed by atoms with Crippen molar-refractivity contribution in [2.24, 2.45) is 0 Å². The highest BCUT2D eigenvalue weighted by Crippen LogP contribution is 2.24. The fraction of sp³-hybridized carbons (Fsp3) is 0.316. The van der Waals surface area contributed by atoms with Crippen molar-refractivity contribution in [3.05, 3.63) is 59.2 Å². The highest BCUT2D eigenvalue weighted by Gasteiger charge is 2.41. The summed E-state index contributed by atoms with van der Waals surface area (Å²) in [5.74, 6) is -5.07. The molecule has 0 saturated heterocycles. The molecule has 2 aromatic rings. The molecule has 0 fully saturated rings. The molecule has 2 aromatic carbocycles. The van der Waals surface area contributed by atoms with E-state index in [1.54, 1.807) is 31.2 Å². The molecule has 0 aliphatic heterocycles. The molecule has 4 nitrogen and oxygen atoms in total. The average Bonchev–Trinajstić information content (AvgIpc) is 2.65. The molecule has 9 heteroatoms. The molecule has 152 valence electrons. The van der Waals surface area contributed by atoms with E-state index in [0.717, 1.165) is 10.5 Å². The van der Waals surface area contributed by atoms with Gasteiger partial charge in [0.2, 0.25) is 0 Å². The van der Waals surface area contributed by atoms with Crippen molar-refractivity contribution in [1.29, 1.82) is 0 Å². The molecule has 0 saturated carbocycles. The monoisotopic (exact) mass is 417 g/mol. The Labute approximate surface area is 164 Å². The first kappa shape index (κ1) is 22.0. The van der Waals surface area contributed by atoms with Crippen LogP contribution in [-0.4, -0.2) is 36.6 Å². The number of aryl methyl sites for hydroxylation is 1. The number of aromatic carboxylic acids is 1. The highest BCUT2D eigenvalue weighted by molar-refractivity contribution is 7.97. The zero-order valence-electron chi connectivity index (χ0n) is 14.9. The van der Waals surface area contributed by atoms with E-state index in [4.69, 9.17) is 9.84 Å². The fourth-order valence-electron chi connectivity index (χ4n) is 2.22. The first-order valence-electron chi connectivity index (χ1n) is 8.30. The van der Waals surface area contributed by atoms with E-state index in [9.17, 15) is 22.4 Å². The third-order valence-corrected chi connectivity index (χ3v) is 4.66. The van der Waals surface area contributed by atoms with Crippen LogP contribution < -0.4 is 9.46 Å². The normalized spacial score (nSPS) is 11.6. The predicted octanol–water partition coefficient (Wildman–Crippen LogP) is 4.81. The van der Waals surface area contributed by atoms with Gasteiger partial charge in [-0.25, -0.2) is 13.6 Å². The third-order valence-electron chi connectivity index (χ3n) is 3.82. The number of carboxylic acid groups (broad SMARTS) is 1. The van der Waals surface area contributed by atoms with Gasteiger partial charge in [-0.15, -0.1) is 0 Å². The van der Waals surface area contributed by atoms with Crippen LogP contribution in [0.1, 0.15) is 21.5 Å². The molecule has 28 heavy (non-hydrogen) atoms. The van der Waals surface area contributed by atoms with Gasteiger partial charge in [0.1, 0.15) is 5.75 Å². The van der Waals surface area contributed by atoms with E-state index < -0.39 is 24.9 Å². The van der Waals surface area contributed by atoms with Gasteiger partial charge in [0.05, 0.1) is 5.56 Å². The van der Waals surface area contributed by atoms with E-state index in [-0.39, 0.29) is 11.3 Å². The molecular formula is C19H19F4NO3S. The van der Waals surface area contributed by atoms with E-state index in [1.165, 1.54) is 24.1 Å². The van der Waals surface area contributed by atoms with Gasteiger partial charge in [0, 0.05) is 11.4 Å². The lowest BCUT2D eigenvalue weighted by Crippen LogP contribution is -2.33. The minimum absolute atomic E-state index is 0.0901. The minimum Gasteiger partial charge on any atom is -0.487 e. The van der Waals surface area contributed by atoms with E-state index in [1.807, 2.05) is 6.07 Å². The molecule has 0 unspecified atom stereocenters. The maximum absolute atomic E-state index is 12.8. The molecule has 2 N–H and O–H groups in total. The third kappa shape index (κ3) is 6.42. The average molecular weight is 417 g/mol. The Bertz CT molecular complexity index is 800. The molecule has 0 bridgehead atoms. The standard InChI is InChI=1S/C19H19F4NO3S/c1-12-2-7-15(10-16(12)17(25)26)28-24-9-8-13-3-5-14(6-4-13)27-11-19(22,23)18(20)21/h2-7,10,18,24H,8-9,11H2,1H3,(H,25,26). The first-order chi connectivity index (χ1) is 13.2. The lowest BCUT2D eigenvalue weighted by molar-refractivity contribution is -0.148. The number of alkyl halides is 4. The Morgan fingerprint density at radius 1 is 1.21 bits per heavy atom. The lowest BCUT2D eigenvalue weighted by Gasteiger charge is -2.16. The van der Waals surface area contributed by atoms with Gasteiger partial charge in [0.25, 0.3) is 0 Å². The summed E-state index contributed by atoms with van der Waals surface area (Å²) >= 11 is 1.30. The van der Waals surface area contributed by atoms with Crippen molar-refractivity contribution in [2.45, 2.75) is 30.6 Å². The van der Waals surface area contributed by atoms with Crippen LogP contribution in [0.25, 0.3) is 0 Å². The number of hydrogen-bond donors (Lipinski definition) is 2. The van der Waals surface area contributed by atoms with Gasteiger partial charge in [0.15, 0.2) is 6.61 Å². The molecule has 0 amide bonds. The molecule has 2 rings (SSSR count). The Hall–Kier alpha value is -2.26. The molecule has 0 spiro atoms. The number of rotatable bonds is 10. The van der Waals surface area contributed by atoms with Crippen LogP contribution in [0.2, 0.25) is 0 Å². The number of nitrogens with one attached hydrogen (secondary N) is 1. The number of halogens is 4. The Kier molecular flexibility index (Phi) is 7.70. The van der Waals surface area contributed by atoms with Crippen molar-refractivity contribution in [3.63, 3.8) is 0 Å². The second-order valence-electron chi connectivity index (χ2n) is 6.02. The van der Waals surface area contributed by atoms with E-state index >= 15 is 0 Å². The van der Waals surface area contributed by atoms with Crippen molar-refractivity contribution < 1.29 is 32.2 Å². The number of benzene rings is 2. The van der Waals surface area contributed by atoms with Crippen LogP contribution in [0, 0.1) is 6.92 Å². The van der Waals surface area contributed by atoms with Crippen LogP contribution >= 0.6 is 11.9 Å². The summed E-state index contributed by atoms with van der Waals surface area (Å²) in [6.45, 7) is 0.926. The van der Waals surface area contributed by atoms with Gasteiger partial charge in [-0.2, -0.15) is 8.78 Å². The number of hydrogen-bond acceptors (Lipinski definition) is 4. The Morgan fingerprint density at radius 2 is 1.89 bits per heavy atom. The van der Waals surface area contributed by atoms with Crippen LogP contribution in [0.15, 0.2) is 47.4 Å². The summed E-state index contributed by atoms with van der Waals surface area (Å²) in [5, 5.41) is 9.12. The largest absolute Gasteiger partial charge is 0.487 e. The fourth-order valence-corrected chi connectivity index (χ4v) is 2.90. The summed E-state index contributed by atoms with van der Waals surface area (Å²) in [6, 6.07) is 11.4. The van der Waals surface area contributed by atoms with Crippen LogP contribution in [0.5, 0.6) is 5.75 Å². The predicted molar refractivity (Wildman–Crippen MR) is 98.6 cm³/mol. The number of carboxylic acids is 1. The van der Waals surface area contributed by atoms with Gasteiger partial charge < -0.3 is 9.84 Å². The molecular weight excluding hydrogens is 398 g/mol. The topological polar surface area (TPSA) is 58.6 Å². The Morgan fingerprint density at radius 3 is 2.50 bits per heavy atom. The summed E-state index contributed by atoms with van der Waals surface area (Å²) in [5.41, 5.74) is 1.83. The molecule has 0 atom stereocenters. The highest BCUT2D eigenvalue weighted by atomic mass is 32.2. The zero-order chi connectivity index (χ0) is 20.7. The van der Waals surface area contributed by atoms with Crippen LogP contribution in [-0.2, 0) is 6.42 Å². The number of carbonyl (C=O) groups is 1. The molecule has 0 aromatic heterocycles. The van der Waals surface area contributed by atoms with E-state index in [2.05, 4.69) is 4.72 Å². The SMILES string of the molecule is Cc1ccc(SNCCc2ccc(OCC(F)(F)C(F)F)cc2)cc1C(=O)O. The van der Waals surface area contributed by atoms with Crippen molar-refractivity contribution in [1.82, 2.24) is 4.72 Å². The summed E-state index contributed by atoms with van der Waals surface area (Å²) in [6.07, 6.45) is -3.14. The summed E-state index contributed by atoms with van der Waals surface area (Å²) in [4.78, 5) is 11.9. The minimum atomic E-state index is -4.18. The van der Waals surface area contributed by atoms with Crippen LogP contribution in [0.4, 0.5) is 17.6 Å². The lowest BCUT2D eigenvalue weighted by atomic mass is 10.1. The summed E-state index contributed by atoms with van der Waals surface area (Å²) < 4.78 is 57.7. The number of ether oxygens (including phenoxy) is 1. The Balaban J connectivity index is 1.78. The maximum atomic E-state index is 12.8. The van der Waals surface area contributed by atoms with Gasteiger partial charge in [-0.3, -0.25) is 4.72 Å². The van der Waals surface area contributed by atoms with Crippen molar-refractivity contribution in [2.75, 3.05) is 13.2 Å². The molecule has 0 aliphatic rings. The smallest absolute Gasteiger partial charge is 0.340 e. The van der Waals surface area contributed by atoms with Gasteiger partial charge in [-0.05, 0) is 60.7 Å². The first-order valence-corrected chi connectivity index (χ1v) is 9.12. The van der Waals surface area contributed by atoms with Crippen LogP contribution in [0.3, 0.4) is 0 Å². The molecule has 0 heterocycles. The van der Waals surface area contributed by atoms with Gasteiger partial charge in [-0.1, -0.05) is 18.2 Å². The quantitative estimate of drug-likeness (QED) is 0.330. The van der Waals surface area contributed by atoms with Gasteiger partial charge >= 0.3 is 18.3 Å². The second kappa shape index (κ2) is 9.79. The second-order valence-corrected chi connectivity index (χ2v) is 6.99.